The summed E-state index contributed by atoms with van der Waals surface area (Å²) in [4.78, 5) is 36.1. The molecule has 1 aromatic heterocycles. The number of allylic oxidation sites excluding steroid dienone is 1. The molecule has 0 aliphatic carbocycles. The SMILES string of the molecule is C=CCc1c(OC)ccc2cc(C(=O)Nc3ccc(CNC(C)=O)cc3)c(=O)oc12. The predicted octanol–water partition coefficient (Wildman–Crippen LogP) is 3.42. The maximum atomic E-state index is 12.6. The number of hydrogen-bond donors (Lipinski definition) is 2. The Morgan fingerprint density at radius 1 is 1.17 bits per heavy atom. The van der Waals surface area contributed by atoms with Gasteiger partial charge in [0.25, 0.3) is 5.91 Å². The minimum absolute atomic E-state index is 0.0976. The first kappa shape index (κ1) is 20.9. The fourth-order valence-corrected chi connectivity index (χ4v) is 3.04. The van der Waals surface area contributed by atoms with Gasteiger partial charge in [-0.1, -0.05) is 18.2 Å². The molecular formula is C23H22N2O5. The first-order valence-corrected chi connectivity index (χ1v) is 9.32. The number of rotatable bonds is 7. The molecule has 0 aliphatic heterocycles. The number of ether oxygens (including phenoxy) is 1. The number of benzene rings is 2. The fourth-order valence-electron chi connectivity index (χ4n) is 3.04. The van der Waals surface area contributed by atoms with E-state index in [-0.39, 0.29) is 11.5 Å². The van der Waals surface area contributed by atoms with Crippen LogP contribution in [0.4, 0.5) is 5.69 Å². The topological polar surface area (TPSA) is 97.6 Å². The van der Waals surface area contributed by atoms with E-state index < -0.39 is 11.5 Å². The van der Waals surface area contributed by atoms with Crippen LogP contribution >= 0.6 is 0 Å². The molecular weight excluding hydrogens is 384 g/mol. The Kier molecular flexibility index (Phi) is 6.32. The van der Waals surface area contributed by atoms with Gasteiger partial charge in [-0.25, -0.2) is 4.79 Å². The molecule has 2 amide bonds. The van der Waals surface area contributed by atoms with E-state index in [1.54, 1.807) is 42.5 Å². The van der Waals surface area contributed by atoms with Gasteiger partial charge in [0.05, 0.1) is 7.11 Å². The van der Waals surface area contributed by atoms with Crippen LogP contribution in [0.25, 0.3) is 11.0 Å². The predicted molar refractivity (Wildman–Crippen MR) is 115 cm³/mol. The summed E-state index contributed by atoms with van der Waals surface area (Å²) in [6.45, 7) is 5.56. The van der Waals surface area contributed by atoms with Crippen LogP contribution in [0.3, 0.4) is 0 Å². The summed E-state index contributed by atoms with van der Waals surface area (Å²) < 4.78 is 10.8. The van der Waals surface area contributed by atoms with E-state index in [4.69, 9.17) is 9.15 Å². The molecule has 7 heteroatoms. The second-order valence-electron chi connectivity index (χ2n) is 6.67. The summed E-state index contributed by atoms with van der Waals surface area (Å²) in [5, 5.41) is 6.00. The van der Waals surface area contributed by atoms with Crippen molar-refractivity contribution in [3.8, 4) is 5.75 Å². The van der Waals surface area contributed by atoms with E-state index in [1.165, 1.54) is 20.1 Å². The molecule has 0 saturated heterocycles. The first-order chi connectivity index (χ1) is 14.4. The average Bonchev–Trinajstić information content (AvgIpc) is 2.73. The Morgan fingerprint density at radius 2 is 1.90 bits per heavy atom. The zero-order valence-electron chi connectivity index (χ0n) is 16.8. The lowest BCUT2D eigenvalue weighted by atomic mass is 10.1. The molecule has 3 rings (SSSR count). The summed E-state index contributed by atoms with van der Waals surface area (Å²) >= 11 is 0. The zero-order chi connectivity index (χ0) is 21.7. The molecule has 0 spiro atoms. The lowest BCUT2D eigenvalue weighted by Crippen LogP contribution is -2.21. The fraction of sp³-hybridized carbons (Fsp3) is 0.174. The Morgan fingerprint density at radius 3 is 2.53 bits per heavy atom. The largest absolute Gasteiger partial charge is 0.496 e. The van der Waals surface area contributed by atoms with E-state index in [0.29, 0.717) is 40.9 Å². The van der Waals surface area contributed by atoms with Crippen LogP contribution in [0.15, 0.2) is 64.3 Å². The van der Waals surface area contributed by atoms with Crippen molar-refractivity contribution in [2.75, 3.05) is 12.4 Å². The number of hydrogen-bond acceptors (Lipinski definition) is 5. The van der Waals surface area contributed by atoms with Crippen LogP contribution < -0.4 is 21.0 Å². The Hall–Kier alpha value is -3.87. The van der Waals surface area contributed by atoms with E-state index >= 15 is 0 Å². The molecule has 2 aromatic carbocycles. The molecule has 1 heterocycles. The third-order valence-electron chi connectivity index (χ3n) is 4.53. The Balaban J connectivity index is 1.86. The molecule has 2 N–H and O–H groups in total. The van der Waals surface area contributed by atoms with Crippen molar-refractivity contribution in [2.45, 2.75) is 19.9 Å². The highest BCUT2D eigenvalue weighted by Crippen LogP contribution is 2.28. The van der Waals surface area contributed by atoms with Crippen molar-refractivity contribution >= 4 is 28.5 Å². The standard InChI is InChI=1S/C23H22N2O5/c1-4-5-18-20(29-3)11-8-16-12-19(23(28)30-21(16)18)22(27)25-17-9-6-15(7-10-17)13-24-14(2)26/h4,6-12H,1,5,13H2,2-3H3,(H,24,26)(H,25,27). The smallest absolute Gasteiger partial charge is 0.349 e. The van der Waals surface area contributed by atoms with Crippen molar-refractivity contribution in [3.05, 3.63) is 82.2 Å². The van der Waals surface area contributed by atoms with Crippen molar-refractivity contribution in [3.63, 3.8) is 0 Å². The number of anilines is 1. The van der Waals surface area contributed by atoms with Crippen molar-refractivity contribution < 1.29 is 18.7 Å². The molecule has 0 atom stereocenters. The minimum atomic E-state index is -0.735. The Labute approximate surface area is 173 Å². The van der Waals surface area contributed by atoms with E-state index in [2.05, 4.69) is 17.2 Å². The van der Waals surface area contributed by atoms with Gasteiger partial charge in [-0.05, 0) is 42.3 Å². The first-order valence-electron chi connectivity index (χ1n) is 9.32. The highest BCUT2D eigenvalue weighted by Gasteiger charge is 2.17. The zero-order valence-corrected chi connectivity index (χ0v) is 16.8. The minimum Gasteiger partial charge on any atom is -0.496 e. The number of nitrogens with one attached hydrogen (secondary N) is 2. The molecule has 0 saturated carbocycles. The lowest BCUT2D eigenvalue weighted by molar-refractivity contribution is -0.119. The van der Waals surface area contributed by atoms with Crippen LogP contribution in [0, 0.1) is 0 Å². The average molecular weight is 406 g/mol. The molecule has 7 nitrogen and oxygen atoms in total. The summed E-state index contributed by atoms with van der Waals surface area (Å²) in [6, 6.07) is 12.0. The second-order valence-corrected chi connectivity index (χ2v) is 6.67. The molecule has 0 bridgehead atoms. The van der Waals surface area contributed by atoms with Gasteiger partial charge in [-0.2, -0.15) is 0 Å². The summed E-state index contributed by atoms with van der Waals surface area (Å²) in [5.41, 5.74) is 1.65. The number of carbonyl (C=O) groups excluding carboxylic acids is 2. The number of amides is 2. The molecule has 3 aromatic rings. The Bertz CT molecular complexity index is 1160. The summed E-state index contributed by atoms with van der Waals surface area (Å²) in [7, 11) is 1.54. The highest BCUT2D eigenvalue weighted by molar-refractivity contribution is 6.05. The van der Waals surface area contributed by atoms with E-state index in [9.17, 15) is 14.4 Å². The molecule has 0 radical (unpaired) electrons. The third-order valence-corrected chi connectivity index (χ3v) is 4.53. The van der Waals surface area contributed by atoms with Crippen LogP contribution in [-0.2, 0) is 17.8 Å². The van der Waals surface area contributed by atoms with Crippen LogP contribution in [-0.4, -0.2) is 18.9 Å². The van der Waals surface area contributed by atoms with Gasteiger partial charge in [0.2, 0.25) is 5.91 Å². The molecule has 154 valence electrons. The maximum absolute atomic E-state index is 12.6. The van der Waals surface area contributed by atoms with Crippen molar-refractivity contribution in [1.29, 1.82) is 0 Å². The number of fused-ring (bicyclic) bond motifs is 1. The van der Waals surface area contributed by atoms with Gasteiger partial charge in [0.15, 0.2) is 0 Å². The van der Waals surface area contributed by atoms with E-state index in [1.807, 2.05) is 0 Å². The van der Waals surface area contributed by atoms with Crippen LogP contribution in [0.2, 0.25) is 0 Å². The number of carbonyl (C=O) groups is 2. The maximum Gasteiger partial charge on any atom is 0.349 e. The third kappa shape index (κ3) is 4.57. The quantitative estimate of drug-likeness (QED) is 0.463. The lowest BCUT2D eigenvalue weighted by Gasteiger charge is -2.10. The van der Waals surface area contributed by atoms with Crippen molar-refractivity contribution in [1.82, 2.24) is 5.32 Å². The highest BCUT2D eigenvalue weighted by atomic mass is 16.5. The summed E-state index contributed by atoms with van der Waals surface area (Å²) in [5.74, 6) is -0.104. The monoisotopic (exact) mass is 406 g/mol. The second kappa shape index (κ2) is 9.09. The van der Waals surface area contributed by atoms with Gasteiger partial charge in [0.1, 0.15) is 16.9 Å². The van der Waals surface area contributed by atoms with Crippen LogP contribution in [0.1, 0.15) is 28.4 Å². The molecule has 0 aliphatic rings. The number of methoxy groups -OCH3 is 1. The van der Waals surface area contributed by atoms with Gasteiger partial charge in [-0.15, -0.1) is 6.58 Å². The van der Waals surface area contributed by atoms with Crippen LogP contribution in [0.5, 0.6) is 5.75 Å². The van der Waals surface area contributed by atoms with Crippen molar-refractivity contribution in [2.24, 2.45) is 0 Å². The molecule has 0 unspecified atom stereocenters. The molecule has 0 fully saturated rings. The van der Waals surface area contributed by atoms with E-state index in [0.717, 1.165) is 5.56 Å². The summed E-state index contributed by atoms with van der Waals surface area (Å²) in [6.07, 6.45) is 2.15. The normalized spacial score (nSPS) is 10.5. The van der Waals surface area contributed by atoms with Gasteiger partial charge in [0, 0.05) is 30.1 Å². The van der Waals surface area contributed by atoms with Gasteiger partial charge in [-0.3, -0.25) is 9.59 Å². The van der Waals surface area contributed by atoms with Gasteiger partial charge < -0.3 is 19.8 Å². The van der Waals surface area contributed by atoms with Gasteiger partial charge >= 0.3 is 5.63 Å². The molecule has 30 heavy (non-hydrogen) atoms.